The van der Waals surface area contributed by atoms with E-state index in [1.54, 1.807) is 12.1 Å². The van der Waals surface area contributed by atoms with E-state index >= 15 is 0 Å². The van der Waals surface area contributed by atoms with Crippen molar-refractivity contribution in [1.29, 1.82) is 0 Å². The lowest BCUT2D eigenvalue weighted by Crippen LogP contribution is -2.33. The van der Waals surface area contributed by atoms with E-state index in [0.717, 1.165) is 0 Å². The summed E-state index contributed by atoms with van der Waals surface area (Å²) >= 11 is 0. The summed E-state index contributed by atoms with van der Waals surface area (Å²) < 4.78 is 20.2. The summed E-state index contributed by atoms with van der Waals surface area (Å²) in [5.74, 6) is 0.571. The Morgan fingerprint density at radius 2 is 2.18 bits per heavy atom. The molecule has 33 heavy (non-hydrogen) atoms. The number of carbonyl (C=O) groups excluding carboxylic acids is 2. The zero-order chi connectivity index (χ0) is 22.9. The van der Waals surface area contributed by atoms with E-state index in [2.05, 4.69) is 31.4 Å². The van der Waals surface area contributed by atoms with E-state index in [4.69, 9.17) is 9.57 Å². The number of benzene rings is 1. The highest BCUT2D eigenvalue weighted by atomic mass is 19.1. The highest BCUT2D eigenvalue weighted by molar-refractivity contribution is 5.90. The third-order valence-corrected chi connectivity index (χ3v) is 6.00. The van der Waals surface area contributed by atoms with Crippen molar-refractivity contribution in [2.75, 3.05) is 36.0 Å². The van der Waals surface area contributed by atoms with E-state index in [0.29, 0.717) is 42.1 Å². The van der Waals surface area contributed by atoms with Crippen molar-refractivity contribution in [3.8, 4) is 0 Å². The number of fused-ring (bicyclic) bond motifs is 1. The summed E-state index contributed by atoms with van der Waals surface area (Å²) in [6.45, 7) is 3.49. The second-order valence-corrected chi connectivity index (χ2v) is 8.19. The molecule has 3 atom stereocenters. The number of nitrogens with zero attached hydrogens (tertiary/aromatic N) is 5. The molecule has 12 nitrogen and oxygen atoms in total. The van der Waals surface area contributed by atoms with Crippen molar-refractivity contribution in [3.05, 3.63) is 41.6 Å². The predicted octanol–water partition coefficient (Wildman–Crippen LogP) is 0.471. The van der Waals surface area contributed by atoms with Gasteiger partial charge in [-0.3, -0.25) is 20.0 Å². The van der Waals surface area contributed by atoms with Crippen molar-refractivity contribution in [2.45, 2.75) is 19.6 Å². The van der Waals surface area contributed by atoms with Crippen LogP contribution in [0.1, 0.15) is 12.7 Å². The first-order chi connectivity index (χ1) is 16.0. The number of hydrogen-bond acceptors (Lipinski definition) is 9. The molecule has 2 aliphatic heterocycles. The SMILES string of the molecule is CC(=O)NC[C@H]1CN(c2ccc(N3C[C@@H]4C(=CNOCc5nn[nH]n5)[C@@H]4C3)c(F)c2)C(=O)O1. The number of tetrazole rings is 1. The van der Waals surface area contributed by atoms with Crippen LogP contribution in [0.5, 0.6) is 0 Å². The smallest absolute Gasteiger partial charge is 0.414 e. The van der Waals surface area contributed by atoms with Gasteiger partial charge in [0.2, 0.25) is 11.7 Å². The van der Waals surface area contributed by atoms with Crippen LogP contribution in [-0.2, 0) is 21.0 Å². The molecule has 174 valence electrons. The number of carbonyl (C=O) groups is 2. The maximum absolute atomic E-state index is 14.9. The monoisotopic (exact) mass is 458 g/mol. The number of nitrogens with one attached hydrogen (secondary N) is 3. The second-order valence-electron chi connectivity index (χ2n) is 8.19. The molecule has 0 spiro atoms. The number of hydroxylamine groups is 1. The van der Waals surface area contributed by atoms with Crippen LogP contribution in [0.3, 0.4) is 0 Å². The maximum atomic E-state index is 14.9. The minimum Gasteiger partial charge on any atom is -0.442 e. The van der Waals surface area contributed by atoms with Gasteiger partial charge in [-0.1, -0.05) is 5.21 Å². The Kier molecular flexibility index (Phi) is 5.54. The molecule has 1 aromatic carbocycles. The molecule has 13 heteroatoms. The molecule has 0 bridgehead atoms. The van der Waals surface area contributed by atoms with Crippen molar-refractivity contribution in [1.82, 2.24) is 31.4 Å². The summed E-state index contributed by atoms with van der Waals surface area (Å²) in [6.07, 6.45) is 0.816. The van der Waals surface area contributed by atoms with Crippen LogP contribution < -0.4 is 20.6 Å². The molecule has 3 aliphatic rings. The van der Waals surface area contributed by atoms with Crippen LogP contribution in [-0.4, -0.2) is 64.9 Å². The standard InChI is InChI=1S/C20H23FN8O4/c1-11(30)22-5-13-7-29(20(31)33-13)12-2-3-18(17(21)4-12)28-8-15-14(16(15)9-28)6-23-32-10-19-24-26-27-25-19/h2-4,6,13,15-16,23H,5,7-10H2,1H3,(H,22,30)(H,24,25,26,27)/t13-,15-,16+/m0/s1. The zero-order valence-electron chi connectivity index (χ0n) is 17.8. The van der Waals surface area contributed by atoms with Gasteiger partial charge in [-0.2, -0.15) is 5.21 Å². The highest BCUT2D eigenvalue weighted by Gasteiger charge is 2.51. The number of anilines is 2. The minimum absolute atomic E-state index is 0.192. The average Bonchev–Trinajstić information content (AvgIpc) is 3.27. The normalized spacial score (nSPS) is 24.7. The Balaban J connectivity index is 1.13. The first-order valence-electron chi connectivity index (χ1n) is 10.6. The largest absolute Gasteiger partial charge is 0.442 e. The van der Waals surface area contributed by atoms with Crippen LogP contribution >= 0.6 is 0 Å². The number of rotatable bonds is 8. The van der Waals surface area contributed by atoms with Crippen LogP contribution in [0.15, 0.2) is 30.0 Å². The van der Waals surface area contributed by atoms with Gasteiger partial charge in [0.1, 0.15) is 18.5 Å². The summed E-state index contributed by atoms with van der Waals surface area (Å²) in [4.78, 5) is 31.9. The van der Waals surface area contributed by atoms with Crippen LogP contribution in [0.4, 0.5) is 20.6 Å². The Morgan fingerprint density at radius 3 is 2.88 bits per heavy atom. The molecule has 0 radical (unpaired) electrons. The molecule has 1 aromatic heterocycles. The number of cyclic esters (lactones) is 1. The van der Waals surface area contributed by atoms with E-state index in [9.17, 15) is 14.0 Å². The van der Waals surface area contributed by atoms with Crippen molar-refractivity contribution in [2.24, 2.45) is 11.8 Å². The fourth-order valence-corrected chi connectivity index (χ4v) is 4.31. The zero-order valence-corrected chi connectivity index (χ0v) is 17.8. The van der Waals surface area contributed by atoms with Gasteiger partial charge in [0.05, 0.1) is 24.5 Å². The number of ether oxygens (including phenoxy) is 1. The molecule has 2 amide bonds. The molecule has 5 rings (SSSR count). The van der Waals surface area contributed by atoms with Crippen LogP contribution in [0, 0.1) is 17.7 Å². The molecule has 2 saturated heterocycles. The number of aromatic nitrogens is 4. The third kappa shape index (κ3) is 4.44. The van der Waals surface area contributed by atoms with Gasteiger partial charge in [0, 0.05) is 38.0 Å². The molecule has 3 fully saturated rings. The topological polar surface area (TPSA) is 138 Å². The quantitative estimate of drug-likeness (QED) is 0.381. The van der Waals surface area contributed by atoms with E-state index < -0.39 is 12.2 Å². The van der Waals surface area contributed by atoms with E-state index in [-0.39, 0.29) is 31.4 Å². The lowest BCUT2D eigenvalue weighted by Gasteiger charge is -2.22. The highest BCUT2D eigenvalue weighted by Crippen LogP contribution is 2.52. The fourth-order valence-electron chi connectivity index (χ4n) is 4.31. The lowest BCUT2D eigenvalue weighted by molar-refractivity contribution is -0.119. The predicted molar refractivity (Wildman–Crippen MR) is 112 cm³/mol. The number of H-pyrrole nitrogens is 1. The molecule has 3 heterocycles. The molecule has 1 aliphatic carbocycles. The summed E-state index contributed by atoms with van der Waals surface area (Å²) in [6, 6.07) is 4.76. The number of aromatic amines is 1. The van der Waals surface area contributed by atoms with Crippen molar-refractivity contribution >= 4 is 23.4 Å². The van der Waals surface area contributed by atoms with Crippen molar-refractivity contribution in [3.63, 3.8) is 0 Å². The van der Waals surface area contributed by atoms with Gasteiger partial charge >= 0.3 is 6.09 Å². The summed E-state index contributed by atoms with van der Waals surface area (Å²) in [5.41, 5.74) is 4.97. The number of piperidine rings is 1. The average molecular weight is 458 g/mol. The Labute approximate surface area is 188 Å². The maximum Gasteiger partial charge on any atom is 0.414 e. The Morgan fingerprint density at radius 1 is 1.36 bits per heavy atom. The molecular formula is C20H23FN8O4. The molecule has 3 N–H and O–H groups in total. The fraction of sp³-hybridized carbons (Fsp3) is 0.450. The Hall–Kier alpha value is -3.74. The van der Waals surface area contributed by atoms with Gasteiger partial charge in [-0.15, -0.1) is 10.2 Å². The van der Waals surface area contributed by atoms with Crippen LogP contribution in [0.2, 0.25) is 0 Å². The first kappa shape index (κ1) is 21.1. The van der Waals surface area contributed by atoms with Gasteiger partial charge in [0.15, 0.2) is 0 Å². The summed E-state index contributed by atoms with van der Waals surface area (Å²) in [5, 5.41) is 16.0. The number of amides is 2. The van der Waals surface area contributed by atoms with Gasteiger partial charge in [-0.05, 0) is 23.8 Å². The van der Waals surface area contributed by atoms with Gasteiger partial charge in [-0.25, -0.2) is 9.18 Å². The molecule has 1 saturated carbocycles. The number of halogens is 1. The first-order valence-corrected chi connectivity index (χ1v) is 10.6. The number of hydrogen-bond donors (Lipinski definition) is 3. The third-order valence-electron chi connectivity index (χ3n) is 6.00. The molecule has 2 aromatic rings. The Bertz CT molecular complexity index is 1060. The minimum atomic E-state index is -0.552. The van der Waals surface area contributed by atoms with E-state index in [1.807, 2.05) is 11.1 Å². The second kappa shape index (κ2) is 8.65. The van der Waals surface area contributed by atoms with E-state index in [1.165, 1.54) is 23.5 Å². The van der Waals surface area contributed by atoms with Crippen LogP contribution in [0.25, 0.3) is 0 Å². The molecule has 0 unspecified atom stereocenters. The van der Waals surface area contributed by atoms with Crippen molar-refractivity contribution < 1.29 is 23.6 Å². The van der Waals surface area contributed by atoms with Gasteiger partial charge < -0.3 is 15.0 Å². The molecular weight excluding hydrogens is 435 g/mol. The lowest BCUT2D eigenvalue weighted by atomic mass is 10.2. The summed E-state index contributed by atoms with van der Waals surface area (Å²) in [7, 11) is 0. The van der Waals surface area contributed by atoms with Gasteiger partial charge in [0.25, 0.3) is 0 Å².